The van der Waals surface area contributed by atoms with Gasteiger partial charge in [0, 0.05) is 5.56 Å². The Morgan fingerprint density at radius 2 is 1.55 bits per heavy atom. The molecular weight excluding hydrogens is 270 g/mol. The van der Waals surface area contributed by atoms with Crippen LogP contribution in [0.25, 0.3) is 0 Å². The predicted octanol–water partition coefficient (Wildman–Crippen LogP) is 4.41. The first-order chi connectivity index (χ1) is 10.5. The molecule has 3 heteroatoms. The van der Waals surface area contributed by atoms with Crippen molar-refractivity contribution in [3.05, 3.63) is 71.3 Å². The molecule has 0 saturated carbocycles. The highest BCUT2D eigenvalue weighted by Crippen LogP contribution is 2.15. The fourth-order valence-electron chi connectivity index (χ4n) is 1.67. The lowest BCUT2D eigenvalue weighted by Crippen LogP contribution is -2.15. The number of nitrogens with two attached hydrogens (primary N) is 2. The van der Waals surface area contributed by atoms with Crippen molar-refractivity contribution in [1.82, 2.24) is 0 Å². The zero-order valence-electron chi connectivity index (χ0n) is 14.4. The summed E-state index contributed by atoms with van der Waals surface area (Å²) in [4.78, 5) is 0. The molecule has 0 aliphatic rings. The largest absolute Gasteiger partial charge is 0.382 e. The summed E-state index contributed by atoms with van der Waals surface area (Å²) in [6, 6.07) is 18.2. The van der Waals surface area contributed by atoms with E-state index in [0.717, 1.165) is 5.56 Å². The van der Waals surface area contributed by atoms with Gasteiger partial charge < -0.3 is 11.6 Å². The van der Waals surface area contributed by atoms with E-state index in [2.05, 4.69) is 44.1 Å². The van der Waals surface area contributed by atoms with Gasteiger partial charge in [-0.05, 0) is 24.5 Å². The Balaban J connectivity index is 0.000000412. The molecule has 0 atom stereocenters. The maximum absolute atomic E-state index is 5.59. The molecule has 2 rings (SSSR count). The lowest BCUT2D eigenvalue weighted by atomic mass is 10.0. The molecule has 3 nitrogen and oxygen atoms in total. The number of benzene rings is 2. The fraction of sp³-hybridized carbons (Fsp3) is 0.316. The molecule has 120 valence electrons. The van der Waals surface area contributed by atoms with Gasteiger partial charge in [0.25, 0.3) is 0 Å². The minimum absolute atomic E-state index is 0.377. The summed E-state index contributed by atoms with van der Waals surface area (Å²) < 4.78 is 0. The molecule has 0 bridgehead atoms. The van der Waals surface area contributed by atoms with E-state index in [4.69, 9.17) is 11.6 Å². The van der Waals surface area contributed by atoms with Crippen molar-refractivity contribution in [2.75, 3.05) is 0 Å². The number of hydrogen-bond donors (Lipinski definition) is 2. The van der Waals surface area contributed by atoms with E-state index in [9.17, 15) is 0 Å². The first-order valence-electron chi connectivity index (χ1n) is 7.70. The van der Waals surface area contributed by atoms with Gasteiger partial charge in [0.05, 0.1) is 0 Å². The summed E-state index contributed by atoms with van der Waals surface area (Å²) in [5.74, 6) is 5.96. The minimum Gasteiger partial charge on any atom is -0.382 e. The Bertz CT molecular complexity index is 546. The Hall–Kier alpha value is -2.29. The van der Waals surface area contributed by atoms with E-state index in [1.54, 1.807) is 0 Å². The SMILES string of the molecule is CC.CC(C)c1cccc(/C(N)=N/N)c1.Cc1ccccc1. The normalized spacial score (nSPS) is 10.2. The van der Waals surface area contributed by atoms with Gasteiger partial charge in [0.1, 0.15) is 5.84 Å². The molecule has 22 heavy (non-hydrogen) atoms. The molecule has 2 aromatic carbocycles. The highest BCUT2D eigenvalue weighted by atomic mass is 15.1. The number of rotatable bonds is 2. The highest BCUT2D eigenvalue weighted by Gasteiger charge is 2.02. The summed E-state index contributed by atoms with van der Waals surface area (Å²) in [5.41, 5.74) is 9.03. The van der Waals surface area contributed by atoms with E-state index in [-0.39, 0.29) is 0 Å². The van der Waals surface area contributed by atoms with Gasteiger partial charge in [-0.2, -0.15) is 5.10 Å². The van der Waals surface area contributed by atoms with Gasteiger partial charge in [-0.1, -0.05) is 81.8 Å². The second-order valence-electron chi connectivity index (χ2n) is 4.95. The van der Waals surface area contributed by atoms with Crippen molar-refractivity contribution in [2.45, 2.75) is 40.5 Å². The van der Waals surface area contributed by atoms with Gasteiger partial charge >= 0.3 is 0 Å². The van der Waals surface area contributed by atoms with E-state index in [1.165, 1.54) is 11.1 Å². The van der Waals surface area contributed by atoms with E-state index < -0.39 is 0 Å². The quantitative estimate of drug-likeness (QED) is 0.373. The summed E-state index contributed by atoms with van der Waals surface area (Å²) in [7, 11) is 0. The monoisotopic (exact) mass is 299 g/mol. The Labute approximate surface area is 135 Å². The van der Waals surface area contributed by atoms with Crippen LogP contribution in [0, 0.1) is 6.92 Å². The van der Waals surface area contributed by atoms with Crippen LogP contribution in [0.3, 0.4) is 0 Å². The number of nitrogens with zero attached hydrogens (tertiary/aromatic N) is 1. The van der Waals surface area contributed by atoms with Crippen molar-refractivity contribution < 1.29 is 0 Å². The molecule has 0 heterocycles. The molecule has 0 aromatic heterocycles. The molecule has 0 fully saturated rings. The third kappa shape index (κ3) is 7.48. The maximum Gasteiger partial charge on any atom is 0.150 e. The molecule has 0 amide bonds. The smallest absolute Gasteiger partial charge is 0.150 e. The molecular formula is C19H29N3. The standard InChI is InChI=1S/C10H15N3.C7H8.C2H6/c1-7(2)8-4-3-5-9(6-8)10(11)13-12;1-7-5-3-2-4-6-7;1-2/h3-7H,12H2,1-2H3,(H2,11,13);2-6H,1H3;1-2H3. The van der Waals surface area contributed by atoms with Gasteiger partial charge in [0.15, 0.2) is 0 Å². The second-order valence-corrected chi connectivity index (χ2v) is 4.95. The molecule has 0 saturated heterocycles. The van der Waals surface area contributed by atoms with Crippen molar-refractivity contribution >= 4 is 5.84 Å². The molecule has 2 aromatic rings. The van der Waals surface area contributed by atoms with Crippen LogP contribution in [0.1, 0.15) is 50.3 Å². The topological polar surface area (TPSA) is 64.4 Å². The predicted molar refractivity (Wildman–Crippen MR) is 98.0 cm³/mol. The summed E-state index contributed by atoms with van der Waals surface area (Å²) in [6.45, 7) is 10.4. The molecule has 0 radical (unpaired) electrons. The van der Waals surface area contributed by atoms with Crippen LogP contribution in [0.4, 0.5) is 0 Å². The summed E-state index contributed by atoms with van der Waals surface area (Å²) >= 11 is 0. The van der Waals surface area contributed by atoms with Crippen LogP contribution in [-0.2, 0) is 0 Å². The van der Waals surface area contributed by atoms with Crippen molar-refractivity contribution in [3.8, 4) is 0 Å². The zero-order chi connectivity index (χ0) is 17.0. The van der Waals surface area contributed by atoms with Crippen molar-refractivity contribution in [1.29, 1.82) is 0 Å². The van der Waals surface area contributed by atoms with Crippen LogP contribution in [0.5, 0.6) is 0 Å². The molecule has 0 aliphatic heterocycles. The maximum atomic E-state index is 5.59. The second kappa shape index (κ2) is 11.4. The molecule has 4 N–H and O–H groups in total. The van der Waals surface area contributed by atoms with Gasteiger partial charge in [-0.3, -0.25) is 0 Å². The van der Waals surface area contributed by atoms with E-state index in [1.807, 2.05) is 50.2 Å². The van der Waals surface area contributed by atoms with Crippen LogP contribution in [0.15, 0.2) is 59.7 Å². The first-order valence-corrected chi connectivity index (χ1v) is 7.70. The third-order valence-electron chi connectivity index (χ3n) is 2.93. The average molecular weight is 299 g/mol. The zero-order valence-corrected chi connectivity index (χ0v) is 14.4. The number of amidine groups is 1. The van der Waals surface area contributed by atoms with Crippen LogP contribution in [-0.4, -0.2) is 5.84 Å². The minimum atomic E-state index is 0.377. The first kappa shape index (κ1) is 19.7. The van der Waals surface area contributed by atoms with Crippen molar-refractivity contribution in [3.63, 3.8) is 0 Å². The third-order valence-corrected chi connectivity index (χ3v) is 2.93. The highest BCUT2D eigenvalue weighted by molar-refractivity contribution is 5.97. The van der Waals surface area contributed by atoms with Crippen molar-refractivity contribution in [2.24, 2.45) is 16.7 Å². The number of hydrogen-bond acceptors (Lipinski definition) is 2. The average Bonchev–Trinajstić information content (AvgIpc) is 2.57. The van der Waals surface area contributed by atoms with Crippen LogP contribution in [0.2, 0.25) is 0 Å². The van der Waals surface area contributed by atoms with Gasteiger partial charge in [-0.15, -0.1) is 0 Å². The van der Waals surface area contributed by atoms with Crippen LogP contribution < -0.4 is 11.6 Å². The Morgan fingerprint density at radius 3 is 1.95 bits per heavy atom. The van der Waals surface area contributed by atoms with Gasteiger partial charge in [-0.25, -0.2) is 0 Å². The molecule has 0 spiro atoms. The summed E-state index contributed by atoms with van der Waals surface area (Å²) in [6.07, 6.45) is 0. The van der Waals surface area contributed by atoms with E-state index >= 15 is 0 Å². The molecule has 0 unspecified atom stereocenters. The van der Waals surface area contributed by atoms with Gasteiger partial charge in [0.2, 0.25) is 0 Å². The number of hydrazone groups is 1. The Kier molecular flexibility index (Phi) is 10.2. The molecule has 0 aliphatic carbocycles. The number of aryl methyl sites for hydroxylation is 1. The summed E-state index contributed by atoms with van der Waals surface area (Å²) in [5, 5.41) is 3.45. The fourth-order valence-corrected chi connectivity index (χ4v) is 1.67. The van der Waals surface area contributed by atoms with E-state index in [0.29, 0.717) is 11.8 Å². The van der Waals surface area contributed by atoms with Crippen LogP contribution >= 0.6 is 0 Å². The lowest BCUT2D eigenvalue weighted by Gasteiger charge is -2.06. The Morgan fingerprint density at radius 1 is 0.955 bits per heavy atom. The lowest BCUT2D eigenvalue weighted by molar-refractivity contribution is 0.866.